The summed E-state index contributed by atoms with van der Waals surface area (Å²) >= 11 is 0. The van der Waals surface area contributed by atoms with Crippen molar-refractivity contribution in [1.29, 1.82) is 0 Å². The fourth-order valence-corrected chi connectivity index (χ4v) is 3.14. The molecule has 20 heavy (non-hydrogen) atoms. The first-order chi connectivity index (χ1) is 9.44. The van der Waals surface area contributed by atoms with Gasteiger partial charge in [-0.15, -0.1) is 0 Å². The number of rotatable bonds is 5. The predicted molar refractivity (Wildman–Crippen MR) is 72.5 cm³/mol. The third-order valence-corrected chi connectivity index (χ3v) is 4.54. The lowest BCUT2D eigenvalue weighted by Crippen LogP contribution is -2.28. The van der Waals surface area contributed by atoms with E-state index in [1.807, 2.05) is 0 Å². The van der Waals surface area contributed by atoms with Crippen LogP contribution in [0.1, 0.15) is 36.2 Å². The number of aryl methyl sites for hydroxylation is 1. The smallest absolute Gasteiger partial charge is 0.267 e. The average molecular weight is 301 g/mol. The lowest BCUT2D eigenvalue weighted by atomic mass is 10.3. The molecule has 0 unspecified atom stereocenters. The van der Waals surface area contributed by atoms with Crippen LogP contribution in [0.25, 0.3) is 0 Å². The van der Waals surface area contributed by atoms with Crippen molar-refractivity contribution in [3.05, 3.63) is 18.0 Å². The van der Waals surface area contributed by atoms with Crippen molar-refractivity contribution in [2.24, 2.45) is 7.05 Å². The lowest BCUT2D eigenvalue weighted by Gasteiger charge is -2.10. The molecule has 0 saturated heterocycles. The van der Waals surface area contributed by atoms with Crippen molar-refractivity contribution in [1.82, 2.24) is 14.8 Å². The van der Waals surface area contributed by atoms with Crippen LogP contribution >= 0.6 is 0 Å². The second-order valence-corrected chi connectivity index (χ2v) is 6.51. The molecule has 1 fully saturated rings. The highest BCUT2D eigenvalue weighted by molar-refractivity contribution is 7.89. The van der Waals surface area contributed by atoms with Crippen molar-refractivity contribution < 1.29 is 18.0 Å². The molecule has 1 aromatic heterocycles. The van der Waals surface area contributed by atoms with Crippen LogP contribution in [-0.4, -0.2) is 32.0 Å². The molecule has 1 saturated carbocycles. The van der Waals surface area contributed by atoms with E-state index in [-0.39, 0.29) is 22.6 Å². The minimum Gasteiger partial charge on any atom is -0.354 e. The van der Waals surface area contributed by atoms with Gasteiger partial charge in [-0.2, -0.15) is 0 Å². The monoisotopic (exact) mass is 301 g/mol. The van der Waals surface area contributed by atoms with Gasteiger partial charge in [0.1, 0.15) is 10.6 Å². The largest absolute Gasteiger partial charge is 0.354 e. The van der Waals surface area contributed by atoms with Crippen molar-refractivity contribution >= 4 is 15.9 Å². The van der Waals surface area contributed by atoms with E-state index in [1.165, 1.54) is 23.9 Å². The molecule has 0 spiro atoms. The van der Waals surface area contributed by atoms with Crippen molar-refractivity contribution in [2.45, 2.75) is 36.7 Å². The topological polar surface area (TPSA) is 89.4 Å². The molecule has 1 amide bonds. The number of aromatic nitrogens is 1. The van der Waals surface area contributed by atoms with Gasteiger partial charge in [0.2, 0.25) is 0 Å². The molecule has 0 radical (unpaired) electrons. The van der Waals surface area contributed by atoms with E-state index < -0.39 is 10.0 Å². The Morgan fingerprint density at radius 3 is 2.65 bits per heavy atom. The zero-order valence-corrected chi connectivity index (χ0v) is 12.4. The first kappa shape index (κ1) is 15.0. The highest BCUT2D eigenvalue weighted by atomic mass is 32.2. The van der Waals surface area contributed by atoms with Crippen molar-refractivity contribution in [3.63, 3.8) is 0 Å². The molecule has 1 heterocycles. The average Bonchev–Trinajstić information content (AvgIpc) is 3.05. The number of amides is 1. The SMILES string of the molecule is CNC(=O)c1cc(S(=O)(=O)NOC2CCCC2)cn1C. The van der Waals surface area contributed by atoms with Crippen LogP contribution in [0.4, 0.5) is 0 Å². The summed E-state index contributed by atoms with van der Waals surface area (Å²) in [5.41, 5.74) is 0.272. The number of nitrogens with one attached hydrogen (secondary N) is 2. The molecule has 2 rings (SSSR count). The summed E-state index contributed by atoms with van der Waals surface area (Å²) < 4.78 is 25.6. The Morgan fingerprint density at radius 1 is 1.40 bits per heavy atom. The van der Waals surface area contributed by atoms with Gasteiger partial charge < -0.3 is 9.88 Å². The molecule has 7 nitrogen and oxygen atoms in total. The third kappa shape index (κ3) is 3.20. The minimum atomic E-state index is -3.76. The van der Waals surface area contributed by atoms with Gasteiger partial charge in [-0.1, -0.05) is 17.7 Å². The summed E-state index contributed by atoms with van der Waals surface area (Å²) in [6.45, 7) is 0. The summed E-state index contributed by atoms with van der Waals surface area (Å²) in [6.07, 6.45) is 5.15. The second kappa shape index (κ2) is 5.94. The fourth-order valence-electron chi connectivity index (χ4n) is 2.22. The van der Waals surface area contributed by atoms with Gasteiger partial charge in [-0.25, -0.2) is 8.42 Å². The maximum Gasteiger partial charge on any atom is 0.267 e. The molecule has 1 aliphatic carbocycles. The Balaban J connectivity index is 2.10. The van der Waals surface area contributed by atoms with Gasteiger partial charge in [-0.3, -0.25) is 9.63 Å². The number of hydrogen-bond donors (Lipinski definition) is 2. The number of carbonyl (C=O) groups is 1. The van der Waals surface area contributed by atoms with Crippen molar-refractivity contribution in [3.8, 4) is 0 Å². The normalized spacial score (nSPS) is 16.5. The Morgan fingerprint density at radius 2 is 2.05 bits per heavy atom. The van der Waals surface area contributed by atoms with Gasteiger partial charge in [0.15, 0.2) is 0 Å². The zero-order valence-electron chi connectivity index (χ0n) is 11.5. The Labute approximate surface area is 118 Å². The van der Waals surface area contributed by atoms with Gasteiger partial charge in [0, 0.05) is 20.3 Å². The van der Waals surface area contributed by atoms with E-state index in [1.54, 1.807) is 7.05 Å². The van der Waals surface area contributed by atoms with Crippen LogP contribution < -0.4 is 10.2 Å². The van der Waals surface area contributed by atoms with E-state index in [0.717, 1.165) is 25.7 Å². The quantitative estimate of drug-likeness (QED) is 0.777. The molecule has 2 N–H and O–H groups in total. The maximum atomic E-state index is 12.1. The van der Waals surface area contributed by atoms with E-state index in [0.29, 0.717) is 0 Å². The number of nitrogens with zero attached hydrogens (tertiary/aromatic N) is 1. The standard InChI is InChI=1S/C12H19N3O4S/c1-13-12(16)11-7-10(8-15(11)2)20(17,18)14-19-9-5-3-4-6-9/h7-9,14H,3-6H2,1-2H3,(H,13,16). The molecule has 0 aromatic carbocycles. The minimum absolute atomic E-state index is 0.0107. The predicted octanol–water partition coefficient (Wildman–Crippen LogP) is 0.537. The number of sulfonamides is 1. The maximum absolute atomic E-state index is 12.1. The van der Waals surface area contributed by atoms with Crippen molar-refractivity contribution in [2.75, 3.05) is 7.05 Å². The first-order valence-electron chi connectivity index (χ1n) is 6.50. The lowest BCUT2D eigenvalue weighted by molar-refractivity contribution is 0.0223. The van der Waals surface area contributed by atoms with Gasteiger partial charge in [-0.05, 0) is 18.9 Å². The Hall–Kier alpha value is -1.38. The van der Waals surface area contributed by atoms with E-state index >= 15 is 0 Å². The molecule has 8 heteroatoms. The van der Waals surface area contributed by atoms with Gasteiger partial charge in [0.05, 0.1) is 6.10 Å². The molecule has 1 aliphatic rings. The summed E-state index contributed by atoms with van der Waals surface area (Å²) in [4.78, 5) is 18.9. The fraction of sp³-hybridized carbons (Fsp3) is 0.583. The summed E-state index contributed by atoms with van der Waals surface area (Å²) in [5, 5.41) is 2.46. The van der Waals surface area contributed by atoms with Crippen LogP contribution in [0.5, 0.6) is 0 Å². The van der Waals surface area contributed by atoms with Crippen LogP contribution in [-0.2, 0) is 21.9 Å². The Bertz CT molecular complexity index is 588. The molecular formula is C12H19N3O4S. The molecule has 1 aromatic rings. The zero-order chi connectivity index (χ0) is 14.8. The van der Waals surface area contributed by atoms with Gasteiger partial charge >= 0.3 is 0 Å². The van der Waals surface area contributed by atoms with E-state index in [9.17, 15) is 13.2 Å². The summed E-state index contributed by atoms with van der Waals surface area (Å²) in [7, 11) is -0.661. The first-order valence-corrected chi connectivity index (χ1v) is 7.98. The van der Waals surface area contributed by atoms with Crippen LogP contribution in [0, 0.1) is 0 Å². The number of carbonyl (C=O) groups excluding carboxylic acids is 1. The van der Waals surface area contributed by atoms with Crippen LogP contribution in [0.15, 0.2) is 17.2 Å². The number of hydrogen-bond acceptors (Lipinski definition) is 4. The highest BCUT2D eigenvalue weighted by Crippen LogP contribution is 2.21. The highest BCUT2D eigenvalue weighted by Gasteiger charge is 2.23. The molecule has 0 bridgehead atoms. The van der Waals surface area contributed by atoms with Crippen LogP contribution in [0.2, 0.25) is 0 Å². The van der Waals surface area contributed by atoms with E-state index in [2.05, 4.69) is 10.2 Å². The summed E-state index contributed by atoms with van der Waals surface area (Å²) in [6, 6.07) is 1.32. The second-order valence-electron chi connectivity index (χ2n) is 4.86. The van der Waals surface area contributed by atoms with Gasteiger partial charge in [0.25, 0.3) is 15.9 Å². The van der Waals surface area contributed by atoms with E-state index in [4.69, 9.17) is 4.84 Å². The molecular weight excluding hydrogens is 282 g/mol. The molecule has 0 atom stereocenters. The van der Waals surface area contributed by atoms with Crippen LogP contribution in [0.3, 0.4) is 0 Å². The molecule has 112 valence electrons. The Kier molecular flexibility index (Phi) is 4.46. The molecule has 0 aliphatic heterocycles. The third-order valence-electron chi connectivity index (χ3n) is 3.38. The summed E-state index contributed by atoms with van der Waals surface area (Å²) in [5.74, 6) is -0.342.